The van der Waals surface area contributed by atoms with Crippen LogP contribution in [0, 0.1) is 0 Å². The van der Waals surface area contributed by atoms with Crippen LogP contribution in [0.5, 0.6) is 5.75 Å². The third-order valence-electron chi connectivity index (χ3n) is 1.93. The number of nitrogens with one attached hydrogen (secondary N) is 2. The molecular weight excluding hydrogens is 220 g/mol. The maximum absolute atomic E-state index is 11.3. The molecule has 2 aromatic rings. The molecule has 0 bridgehead atoms. The lowest BCUT2D eigenvalue weighted by Gasteiger charge is -2.02. The van der Waals surface area contributed by atoms with Crippen molar-refractivity contribution >= 4 is 22.5 Å². The van der Waals surface area contributed by atoms with Gasteiger partial charge in [0.1, 0.15) is 5.75 Å². The van der Waals surface area contributed by atoms with Crippen LogP contribution < -0.4 is 16.0 Å². The summed E-state index contributed by atoms with van der Waals surface area (Å²) < 4.78 is 5.02. The van der Waals surface area contributed by atoms with Crippen molar-refractivity contribution in [1.82, 2.24) is 9.97 Å². The van der Waals surface area contributed by atoms with Gasteiger partial charge in [0.05, 0.1) is 10.9 Å². The lowest BCUT2D eigenvalue weighted by atomic mass is 10.2. The van der Waals surface area contributed by atoms with Gasteiger partial charge in [-0.05, 0) is 12.1 Å². The van der Waals surface area contributed by atoms with Gasteiger partial charge in [0.2, 0.25) is 0 Å². The van der Waals surface area contributed by atoms with Crippen LogP contribution in [0.4, 0.5) is 0 Å². The number of alkyl halides is 1. The van der Waals surface area contributed by atoms with E-state index in [0.29, 0.717) is 16.7 Å². The van der Waals surface area contributed by atoms with Gasteiger partial charge < -0.3 is 9.72 Å². The fourth-order valence-electron chi connectivity index (χ4n) is 1.30. The molecule has 0 fully saturated rings. The third kappa shape index (κ3) is 1.87. The maximum atomic E-state index is 11.3. The zero-order chi connectivity index (χ0) is 10.8. The number of benzene rings is 1. The van der Waals surface area contributed by atoms with Crippen molar-refractivity contribution in [2.45, 2.75) is 0 Å². The Morgan fingerprint density at radius 2 is 2.07 bits per heavy atom. The van der Waals surface area contributed by atoms with E-state index in [1.54, 1.807) is 18.2 Å². The lowest BCUT2D eigenvalue weighted by molar-refractivity contribution is 0.388. The van der Waals surface area contributed by atoms with Crippen LogP contribution in [0.15, 0.2) is 27.8 Å². The van der Waals surface area contributed by atoms with Gasteiger partial charge in [-0.25, -0.2) is 4.79 Å². The Morgan fingerprint density at radius 1 is 1.27 bits per heavy atom. The van der Waals surface area contributed by atoms with Gasteiger partial charge in [-0.15, -0.1) is 0 Å². The maximum Gasteiger partial charge on any atom is 0.326 e. The van der Waals surface area contributed by atoms with E-state index >= 15 is 0 Å². The number of aromatic amines is 2. The first kappa shape index (κ1) is 9.79. The minimum absolute atomic E-state index is 0.0128. The van der Waals surface area contributed by atoms with Crippen LogP contribution in [0.3, 0.4) is 0 Å². The van der Waals surface area contributed by atoms with Crippen LogP contribution in [-0.4, -0.2) is 16.0 Å². The Labute approximate surface area is 88.7 Å². The zero-order valence-corrected chi connectivity index (χ0v) is 8.30. The number of halogens is 1. The molecule has 0 aliphatic rings. The molecule has 0 aliphatic carbocycles. The van der Waals surface area contributed by atoms with Crippen molar-refractivity contribution in [1.29, 1.82) is 0 Å². The first-order valence-corrected chi connectivity index (χ1v) is 4.69. The molecule has 0 unspecified atom stereocenters. The van der Waals surface area contributed by atoms with Crippen molar-refractivity contribution in [3.05, 3.63) is 39.0 Å². The second-order valence-electron chi connectivity index (χ2n) is 2.87. The van der Waals surface area contributed by atoms with E-state index in [0.717, 1.165) is 0 Å². The molecule has 0 radical (unpaired) electrons. The SMILES string of the molecule is O=c1[nH]c(=O)c2ccc(OCCl)cc2[nH]1. The molecule has 0 aliphatic heterocycles. The Bertz CT molecular complexity index is 602. The fourth-order valence-corrected chi connectivity index (χ4v) is 1.43. The smallest absolute Gasteiger partial charge is 0.326 e. The van der Waals surface area contributed by atoms with Gasteiger partial charge in [0.25, 0.3) is 5.56 Å². The summed E-state index contributed by atoms with van der Waals surface area (Å²) in [7, 11) is 0. The van der Waals surface area contributed by atoms with E-state index < -0.39 is 11.2 Å². The first-order valence-electron chi connectivity index (χ1n) is 4.16. The number of fused-ring (bicyclic) bond motifs is 1. The van der Waals surface area contributed by atoms with Crippen LogP contribution >= 0.6 is 11.6 Å². The van der Waals surface area contributed by atoms with Gasteiger partial charge in [0.15, 0.2) is 6.07 Å². The highest BCUT2D eigenvalue weighted by Gasteiger charge is 2.01. The van der Waals surface area contributed by atoms with Crippen LogP contribution in [0.25, 0.3) is 10.9 Å². The number of aromatic nitrogens is 2. The number of rotatable bonds is 2. The monoisotopic (exact) mass is 226 g/mol. The van der Waals surface area contributed by atoms with Crippen molar-refractivity contribution in [3.63, 3.8) is 0 Å². The van der Waals surface area contributed by atoms with Gasteiger partial charge in [-0.1, -0.05) is 11.6 Å². The van der Waals surface area contributed by atoms with Gasteiger partial charge in [-0.3, -0.25) is 9.78 Å². The van der Waals surface area contributed by atoms with Crippen LogP contribution in [-0.2, 0) is 0 Å². The summed E-state index contributed by atoms with van der Waals surface area (Å²) in [5.74, 6) is 0.499. The number of hydrogen-bond donors (Lipinski definition) is 2. The predicted molar refractivity (Wildman–Crippen MR) is 56.5 cm³/mol. The summed E-state index contributed by atoms with van der Waals surface area (Å²) in [4.78, 5) is 26.9. The standard InChI is InChI=1S/C9H7ClN2O3/c10-4-15-5-1-2-6-7(3-5)11-9(14)12-8(6)13/h1-3H,4H2,(H2,11,12,13,14). The summed E-state index contributed by atoms with van der Waals surface area (Å²) in [6.45, 7) is 0. The largest absolute Gasteiger partial charge is 0.478 e. The first-order chi connectivity index (χ1) is 7.20. The molecule has 6 heteroatoms. The summed E-state index contributed by atoms with van der Waals surface area (Å²) >= 11 is 5.39. The average molecular weight is 227 g/mol. The van der Waals surface area contributed by atoms with E-state index in [-0.39, 0.29) is 6.07 Å². The minimum Gasteiger partial charge on any atom is -0.478 e. The quantitative estimate of drug-likeness (QED) is 0.744. The molecular formula is C9H7ClN2O3. The molecule has 0 spiro atoms. The minimum atomic E-state index is -0.546. The van der Waals surface area contributed by atoms with E-state index in [1.165, 1.54) is 0 Å². The second kappa shape index (κ2) is 3.78. The van der Waals surface area contributed by atoms with Gasteiger partial charge in [-0.2, -0.15) is 0 Å². The van der Waals surface area contributed by atoms with Gasteiger partial charge in [0, 0.05) is 6.07 Å². The number of hydrogen-bond acceptors (Lipinski definition) is 3. The lowest BCUT2D eigenvalue weighted by Crippen LogP contribution is -2.21. The summed E-state index contributed by atoms with van der Waals surface area (Å²) in [5, 5.41) is 0.400. The molecule has 1 heterocycles. The Balaban J connectivity index is 2.71. The number of H-pyrrole nitrogens is 2. The Morgan fingerprint density at radius 3 is 2.80 bits per heavy atom. The molecule has 78 valence electrons. The molecule has 0 amide bonds. The number of ether oxygens (including phenoxy) is 1. The van der Waals surface area contributed by atoms with Crippen molar-refractivity contribution in [2.75, 3.05) is 6.07 Å². The Kier molecular flexibility index (Phi) is 2.47. The average Bonchev–Trinajstić information content (AvgIpc) is 2.17. The summed E-state index contributed by atoms with van der Waals surface area (Å²) in [6.07, 6.45) is 0. The van der Waals surface area contributed by atoms with Gasteiger partial charge >= 0.3 is 5.69 Å². The van der Waals surface area contributed by atoms with E-state index in [1.807, 2.05) is 0 Å². The highest BCUT2D eigenvalue weighted by Crippen LogP contribution is 2.15. The van der Waals surface area contributed by atoms with Crippen molar-refractivity contribution < 1.29 is 4.74 Å². The topological polar surface area (TPSA) is 74.9 Å². The highest BCUT2D eigenvalue weighted by atomic mass is 35.5. The molecule has 0 atom stereocenters. The fraction of sp³-hybridized carbons (Fsp3) is 0.111. The molecule has 0 saturated heterocycles. The third-order valence-corrected chi connectivity index (χ3v) is 2.04. The molecule has 0 saturated carbocycles. The Hall–Kier alpha value is -1.75. The van der Waals surface area contributed by atoms with Crippen LogP contribution in [0.2, 0.25) is 0 Å². The second-order valence-corrected chi connectivity index (χ2v) is 3.09. The van der Waals surface area contributed by atoms with Crippen molar-refractivity contribution in [2.24, 2.45) is 0 Å². The van der Waals surface area contributed by atoms with E-state index in [9.17, 15) is 9.59 Å². The zero-order valence-electron chi connectivity index (χ0n) is 7.54. The predicted octanol–water partition coefficient (Wildman–Crippen LogP) is 0.791. The summed E-state index contributed by atoms with van der Waals surface area (Å²) in [5.41, 5.74) is -0.548. The van der Waals surface area contributed by atoms with Crippen molar-refractivity contribution in [3.8, 4) is 5.75 Å². The molecule has 5 nitrogen and oxygen atoms in total. The molecule has 1 aromatic carbocycles. The molecule has 1 aromatic heterocycles. The molecule has 15 heavy (non-hydrogen) atoms. The summed E-state index contributed by atoms with van der Waals surface area (Å²) in [6, 6.07) is 4.73. The highest BCUT2D eigenvalue weighted by molar-refractivity contribution is 6.17. The normalized spacial score (nSPS) is 10.5. The van der Waals surface area contributed by atoms with Crippen LogP contribution in [0.1, 0.15) is 0 Å². The van der Waals surface area contributed by atoms with E-state index in [2.05, 4.69) is 9.97 Å². The molecule has 2 rings (SSSR count). The molecule has 2 N–H and O–H groups in total. The van der Waals surface area contributed by atoms with E-state index in [4.69, 9.17) is 16.3 Å².